The van der Waals surface area contributed by atoms with E-state index in [1.54, 1.807) is 31.2 Å². The number of methoxy groups -OCH3 is 1. The van der Waals surface area contributed by atoms with Crippen molar-refractivity contribution in [2.75, 3.05) is 24.8 Å². The van der Waals surface area contributed by atoms with Crippen molar-refractivity contribution >= 4 is 17.3 Å². The molecule has 0 bridgehead atoms. The van der Waals surface area contributed by atoms with Gasteiger partial charge in [-0.3, -0.25) is 4.79 Å². The van der Waals surface area contributed by atoms with E-state index in [-0.39, 0.29) is 5.91 Å². The van der Waals surface area contributed by atoms with Crippen LogP contribution in [-0.4, -0.2) is 20.1 Å². The molecule has 2 N–H and O–H groups in total. The molecular formula is C16H18N2O2. The lowest BCUT2D eigenvalue weighted by molar-refractivity contribution is -0.117. The molecule has 0 saturated heterocycles. The highest BCUT2D eigenvalue weighted by Crippen LogP contribution is 2.18. The number of hydrogen-bond donors (Lipinski definition) is 1. The second-order valence-corrected chi connectivity index (χ2v) is 4.58. The monoisotopic (exact) mass is 270 g/mol. The first-order valence-corrected chi connectivity index (χ1v) is 6.35. The first-order valence-electron chi connectivity index (χ1n) is 6.35. The van der Waals surface area contributed by atoms with Gasteiger partial charge in [0.2, 0.25) is 5.91 Å². The van der Waals surface area contributed by atoms with Gasteiger partial charge in [-0.05, 0) is 35.9 Å². The van der Waals surface area contributed by atoms with Gasteiger partial charge in [-0.25, -0.2) is 0 Å². The molecule has 20 heavy (non-hydrogen) atoms. The first-order chi connectivity index (χ1) is 9.60. The number of rotatable bonds is 4. The van der Waals surface area contributed by atoms with Gasteiger partial charge in [-0.15, -0.1) is 0 Å². The smallest absolute Gasteiger partial charge is 0.231 e. The largest absolute Gasteiger partial charge is 0.497 e. The van der Waals surface area contributed by atoms with Crippen molar-refractivity contribution in [2.24, 2.45) is 0 Å². The number of nitrogen functional groups attached to an aromatic ring is 1. The second kappa shape index (κ2) is 6.10. The van der Waals surface area contributed by atoms with E-state index in [9.17, 15) is 4.79 Å². The molecule has 1 amide bonds. The first kappa shape index (κ1) is 13.9. The van der Waals surface area contributed by atoms with Gasteiger partial charge in [0.15, 0.2) is 0 Å². The lowest BCUT2D eigenvalue weighted by Crippen LogP contribution is -2.27. The molecule has 0 aliphatic rings. The zero-order valence-electron chi connectivity index (χ0n) is 11.7. The number of likely N-dealkylation sites (N-methyl/N-ethyl adjacent to an activating group) is 1. The fourth-order valence-electron chi connectivity index (χ4n) is 1.95. The van der Waals surface area contributed by atoms with Crippen LogP contribution in [0.5, 0.6) is 5.75 Å². The highest BCUT2D eigenvalue weighted by Gasteiger charge is 2.12. The normalized spacial score (nSPS) is 10.1. The summed E-state index contributed by atoms with van der Waals surface area (Å²) in [4.78, 5) is 13.9. The topological polar surface area (TPSA) is 55.6 Å². The third kappa shape index (κ3) is 3.29. The molecule has 0 aliphatic heterocycles. The van der Waals surface area contributed by atoms with Gasteiger partial charge in [-0.2, -0.15) is 0 Å². The van der Waals surface area contributed by atoms with Crippen LogP contribution in [0.4, 0.5) is 11.4 Å². The minimum atomic E-state index is 0.00357. The maximum absolute atomic E-state index is 12.3. The second-order valence-electron chi connectivity index (χ2n) is 4.58. The number of carbonyl (C=O) groups excluding carboxylic acids is 1. The fraction of sp³-hybridized carbons (Fsp3) is 0.188. The van der Waals surface area contributed by atoms with Crippen molar-refractivity contribution in [1.82, 2.24) is 0 Å². The third-order valence-electron chi connectivity index (χ3n) is 3.12. The molecule has 0 atom stereocenters. The fourth-order valence-corrected chi connectivity index (χ4v) is 1.95. The molecular weight excluding hydrogens is 252 g/mol. The third-order valence-corrected chi connectivity index (χ3v) is 3.12. The van der Waals surface area contributed by atoms with Gasteiger partial charge >= 0.3 is 0 Å². The Morgan fingerprint density at radius 2 is 1.95 bits per heavy atom. The van der Waals surface area contributed by atoms with E-state index >= 15 is 0 Å². The molecule has 0 saturated carbocycles. The predicted molar refractivity (Wildman–Crippen MR) is 81.0 cm³/mol. The molecule has 104 valence electrons. The zero-order valence-corrected chi connectivity index (χ0v) is 11.7. The minimum absolute atomic E-state index is 0.00357. The molecule has 0 unspecified atom stereocenters. The number of benzene rings is 2. The molecule has 4 nitrogen and oxygen atoms in total. The predicted octanol–water partition coefficient (Wildman–Crippen LogP) is 2.48. The molecule has 0 heterocycles. The Kier molecular flexibility index (Phi) is 4.25. The average Bonchev–Trinajstić information content (AvgIpc) is 2.46. The molecule has 0 spiro atoms. The quantitative estimate of drug-likeness (QED) is 0.868. The van der Waals surface area contributed by atoms with E-state index in [4.69, 9.17) is 10.5 Å². The molecule has 4 heteroatoms. The van der Waals surface area contributed by atoms with Crippen LogP contribution < -0.4 is 15.4 Å². The Hall–Kier alpha value is -2.49. The summed E-state index contributed by atoms with van der Waals surface area (Å²) in [5, 5.41) is 0. The van der Waals surface area contributed by atoms with Crippen LogP contribution in [-0.2, 0) is 11.2 Å². The van der Waals surface area contributed by atoms with Crippen molar-refractivity contribution in [2.45, 2.75) is 6.42 Å². The van der Waals surface area contributed by atoms with Crippen LogP contribution in [0, 0.1) is 0 Å². The molecule has 0 radical (unpaired) electrons. The summed E-state index contributed by atoms with van der Waals surface area (Å²) in [6, 6.07) is 14.8. The highest BCUT2D eigenvalue weighted by atomic mass is 16.5. The summed E-state index contributed by atoms with van der Waals surface area (Å²) in [5.41, 5.74) is 8.09. The number of anilines is 2. The van der Waals surface area contributed by atoms with Gasteiger partial charge in [0.1, 0.15) is 5.75 Å². The van der Waals surface area contributed by atoms with E-state index < -0.39 is 0 Å². The van der Waals surface area contributed by atoms with Crippen LogP contribution in [0.2, 0.25) is 0 Å². The number of hydrogen-bond acceptors (Lipinski definition) is 3. The van der Waals surface area contributed by atoms with Gasteiger partial charge in [-0.1, -0.05) is 18.2 Å². The van der Waals surface area contributed by atoms with Crippen LogP contribution in [0.3, 0.4) is 0 Å². The average molecular weight is 270 g/mol. The zero-order chi connectivity index (χ0) is 14.5. The summed E-state index contributed by atoms with van der Waals surface area (Å²) < 4.78 is 5.16. The van der Waals surface area contributed by atoms with E-state index in [0.717, 1.165) is 17.0 Å². The summed E-state index contributed by atoms with van der Waals surface area (Å²) in [6.07, 6.45) is 0.322. The number of carbonyl (C=O) groups is 1. The molecule has 2 aromatic rings. The Morgan fingerprint density at radius 1 is 1.20 bits per heavy atom. The van der Waals surface area contributed by atoms with Gasteiger partial charge in [0.25, 0.3) is 0 Å². The lowest BCUT2D eigenvalue weighted by Gasteiger charge is -2.18. The maximum Gasteiger partial charge on any atom is 0.231 e. The number of nitrogens with zero attached hydrogens (tertiary/aromatic N) is 1. The van der Waals surface area contributed by atoms with Crippen molar-refractivity contribution in [3.63, 3.8) is 0 Å². The molecule has 0 fully saturated rings. The molecule has 2 aromatic carbocycles. The number of amides is 1. The summed E-state index contributed by atoms with van der Waals surface area (Å²) in [6.45, 7) is 0. The van der Waals surface area contributed by atoms with E-state index in [1.165, 1.54) is 0 Å². The van der Waals surface area contributed by atoms with E-state index in [0.29, 0.717) is 12.1 Å². The van der Waals surface area contributed by atoms with Crippen molar-refractivity contribution in [3.8, 4) is 5.75 Å². The molecule has 0 aliphatic carbocycles. The minimum Gasteiger partial charge on any atom is -0.497 e. The highest BCUT2D eigenvalue weighted by molar-refractivity contribution is 5.94. The Morgan fingerprint density at radius 3 is 2.65 bits per heavy atom. The van der Waals surface area contributed by atoms with E-state index in [1.807, 2.05) is 36.4 Å². The van der Waals surface area contributed by atoms with Gasteiger partial charge in [0, 0.05) is 18.4 Å². The Bertz CT molecular complexity index is 611. The van der Waals surface area contributed by atoms with Crippen LogP contribution in [0.25, 0.3) is 0 Å². The lowest BCUT2D eigenvalue weighted by atomic mass is 10.1. The molecule has 2 rings (SSSR count). The number of ether oxygens (including phenoxy) is 1. The van der Waals surface area contributed by atoms with Crippen LogP contribution >= 0.6 is 0 Å². The number of nitrogens with two attached hydrogens (primary N) is 1. The van der Waals surface area contributed by atoms with Crippen molar-refractivity contribution in [1.29, 1.82) is 0 Å². The van der Waals surface area contributed by atoms with E-state index in [2.05, 4.69) is 0 Å². The van der Waals surface area contributed by atoms with Crippen LogP contribution in [0.15, 0.2) is 48.5 Å². The van der Waals surface area contributed by atoms with Crippen LogP contribution in [0.1, 0.15) is 5.56 Å². The van der Waals surface area contributed by atoms with Gasteiger partial charge < -0.3 is 15.4 Å². The molecule has 0 aromatic heterocycles. The summed E-state index contributed by atoms with van der Waals surface area (Å²) >= 11 is 0. The van der Waals surface area contributed by atoms with Gasteiger partial charge in [0.05, 0.1) is 13.5 Å². The maximum atomic E-state index is 12.3. The SMILES string of the molecule is COc1cccc(CC(=O)N(C)c2cccc(N)c2)c1. The van der Waals surface area contributed by atoms with Crippen molar-refractivity contribution < 1.29 is 9.53 Å². The standard InChI is InChI=1S/C16H18N2O2/c1-18(14-7-4-6-13(17)11-14)16(19)10-12-5-3-8-15(9-12)20-2/h3-9,11H,10,17H2,1-2H3. The summed E-state index contributed by atoms with van der Waals surface area (Å²) in [5.74, 6) is 0.755. The summed E-state index contributed by atoms with van der Waals surface area (Å²) in [7, 11) is 3.36. The van der Waals surface area contributed by atoms with Crippen molar-refractivity contribution in [3.05, 3.63) is 54.1 Å². The Labute approximate surface area is 118 Å². The Balaban J connectivity index is 2.11.